The smallest absolute Gasteiger partial charge is 0.354 e. The van der Waals surface area contributed by atoms with Crippen molar-refractivity contribution < 1.29 is 14.7 Å². The number of carbonyl (C=O) groups is 2. The van der Waals surface area contributed by atoms with Crippen LogP contribution in [-0.2, 0) is 13.0 Å². The second-order valence-corrected chi connectivity index (χ2v) is 8.01. The first kappa shape index (κ1) is 22.3. The lowest BCUT2D eigenvalue weighted by atomic mass is 10.1. The van der Waals surface area contributed by atoms with Crippen LogP contribution in [0.5, 0.6) is 0 Å². The zero-order chi connectivity index (χ0) is 23.2. The van der Waals surface area contributed by atoms with E-state index in [4.69, 9.17) is 11.6 Å². The fourth-order valence-corrected chi connectivity index (χ4v) is 3.76. The van der Waals surface area contributed by atoms with Crippen LogP contribution in [0, 0.1) is 0 Å². The lowest BCUT2D eigenvalue weighted by Gasteiger charge is -2.22. The van der Waals surface area contributed by atoms with Gasteiger partial charge in [0.15, 0.2) is 11.4 Å². The Morgan fingerprint density at radius 1 is 0.909 bits per heavy atom. The van der Waals surface area contributed by atoms with E-state index in [1.54, 1.807) is 29.2 Å². The van der Waals surface area contributed by atoms with Crippen molar-refractivity contribution in [3.63, 3.8) is 0 Å². The Morgan fingerprint density at radius 2 is 1.58 bits per heavy atom. The number of rotatable bonds is 8. The largest absolute Gasteiger partial charge is 0.477 e. The van der Waals surface area contributed by atoms with Crippen molar-refractivity contribution in [2.75, 3.05) is 6.54 Å². The predicted molar refractivity (Wildman–Crippen MR) is 127 cm³/mol. The van der Waals surface area contributed by atoms with Gasteiger partial charge in [-0.15, -0.1) is 0 Å². The lowest BCUT2D eigenvalue weighted by Crippen LogP contribution is -2.33. The van der Waals surface area contributed by atoms with E-state index in [-0.39, 0.29) is 17.2 Å². The van der Waals surface area contributed by atoms with Crippen LogP contribution in [0.4, 0.5) is 0 Å². The minimum atomic E-state index is -1.25. The van der Waals surface area contributed by atoms with Crippen LogP contribution >= 0.6 is 11.6 Å². The van der Waals surface area contributed by atoms with Crippen molar-refractivity contribution >= 4 is 23.5 Å². The molecule has 3 aromatic carbocycles. The number of carboxylic acids is 1. The Bertz CT molecular complexity index is 1260. The van der Waals surface area contributed by atoms with Gasteiger partial charge in [0, 0.05) is 23.7 Å². The minimum absolute atomic E-state index is 0.124. The Hall–Kier alpha value is -3.90. The number of benzene rings is 3. The summed E-state index contributed by atoms with van der Waals surface area (Å²) in [5, 5.41) is 10.2. The molecule has 1 heterocycles. The van der Waals surface area contributed by atoms with E-state index in [2.05, 4.69) is 9.97 Å². The molecule has 4 rings (SSSR count). The average molecular weight is 460 g/mol. The molecule has 0 saturated carbocycles. The van der Waals surface area contributed by atoms with Gasteiger partial charge in [0.2, 0.25) is 0 Å². The molecule has 0 radical (unpaired) electrons. The highest BCUT2D eigenvalue weighted by atomic mass is 35.5. The van der Waals surface area contributed by atoms with Crippen molar-refractivity contribution in [1.82, 2.24) is 14.9 Å². The molecular weight excluding hydrogens is 438 g/mol. The van der Waals surface area contributed by atoms with Gasteiger partial charge in [-0.25, -0.2) is 9.78 Å². The van der Waals surface area contributed by atoms with Gasteiger partial charge in [-0.2, -0.15) is 0 Å². The summed E-state index contributed by atoms with van der Waals surface area (Å²) in [5.41, 5.74) is 2.27. The first-order valence-electron chi connectivity index (χ1n) is 10.5. The number of imidazole rings is 1. The van der Waals surface area contributed by atoms with E-state index >= 15 is 0 Å². The molecular formula is C26H22ClN3O3. The number of nitrogens with one attached hydrogen (secondary N) is 1. The molecule has 0 bridgehead atoms. The van der Waals surface area contributed by atoms with Crippen LogP contribution in [0.1, 0.15) is 32.1 Å². The van der Waals surface area contributed by atoms with Gasteiger partial charge in [-0.3, -0.25) is 4.79 Å². The van der Waals surface area contributed by atoms with Crippen molar-refractivity contribution in [1.29, 1.82) is 0 Å². The molecule has 0 aliphatic heterocycles. The molecule has 166 valence electrons. The number of aromatic amines is 1. The number of hydrogen-bond donors (Lipinski definition) is 2. The normalized spacial score (nSPS) is 10.7. The highest BCUT2D eigenvalue weighted by Gasteiger charge is 2.27. The van der Waals surface area contributed by atoms with Crippen LogP contribution in [0.15, 0.2) is 84.9 Å². The molecule has 0 aliphatic rings. The van der Waals surface area contributed by atoms with E-state index in [0.717, 1.165) is 11.1 Å². The van der Waals surface area contributed by atoms with Gasteiger partial charge in [0.25, 0.3) is 5.91 Å². The predicted octanol–water partition coefficient (Wildman–Crippen LogP) is 5.31. The second-order valence-electron chi connectivity index (χ2n) is 7.57. The summed E-state index contributed by atoms with van der Waals surface area (Å²) in [6, 6.07) is 26.3. The highest BCUT2D eigenvalue weighted by Crippen LogP contribution is 2.23. The standard InChI is InChI=1S/C26H22ClN3O3/c27-21-13-7-12-20(16-21)24-28-22(23(29-24)26(32)33)25(31)30(17-19-10-5-2-6-11-19)15-14-18-8-3-1-4-9-18/h1-13,16H,14-15,17H2,(H,28,29)(H,32,33). The Kier molecular flexibility index (Phi) is 6.86. The summed E-state index contributed by atoms with van der Waals surface area (Å²) < 4.78 is 0. The zero-order valence-corrected chi connectivity index (χ0v) is 18.5. The number of amides is 1. The summed E-state index contributed by atoms with van der Waals surface area (Å²) >= 11 is 6.07. The van der Waals surface area contributed by atoms with Crippen LogP contribution < -0.4 is 0 Å². The number of nitrogens with zero attached hydrogens (tertiary/aromatic N) is 2. The molecule has 33 heavy (non-hydrogen) atoms. The van der Waals surface area contributed by atoms with Gasteiger partial charge in [0.05, 0.1) is 0 Å². The van der Waals surface area contributed by atoms with E-state index in [9.17, 15) is 14.7 Å². The molecule has 0 aliphatic carbocycles. The average Bonchev–Trinajstić information content (AvgIpc) is 3.29. The van der Waals surface area contributed by atoms with Gasteiger partial charge >= 0.3 is 5.97 Å². The molecule has 6 nitrogen and oxygen atoms in total. The van der Waals surface area contributed by atoms with Crippen molar-refractivity contribution in [2.45, 2.75) is 13.0 Å². The van der Waals surface area contributed by atoms with E-state index in [1.165, 1.54) is 0 Å². The topological polar surface area (TPSA) is 86.3 Å². The fourth-order valence-electron chi connectivity index (χ4n) is 3.57. The summed E-state index contributed by atoms with van der Waals surface area (Å²) in [6.45, 7) is 0.751. The maximum Gasteiger partial charge on any atom is 0.354 e. The third-order valence-corrected chi connectivity index (χ3v) is 5.47. The summed E-state index contributed by atoms with van der Waals surface area (Å²) in [7, 11) is 0. The molecule has 2 N–H and O–H groups in total. The third-order valence-electron chi connectivity index (χ3n) is 5.24. The van der Waals surface area contributed by atoms with Gasteiger partial charge < -0.3 is 15.0 Å². The number of aromatic nitrogens is 2. The van der Waals surface area contributed by atoms with E-state index in [0.29, 0.717) is 30.1 Å². The highest BCUT2D eigenvalue weighted by molar-refractivity contribution is 6.30. The van der Waals surface area contributed by atoms with Crippen molar-refractivity contribution in [2.24, 2.45) is 0 Å². The summed E-state index contributed by atoms with van der Waals surface area (Å²) in [6.07, 6.45) is 0.632. The Morgan fingerprint density at radius 3 is 2.21 bits per heavy atom. The van der Waals surface area contributed by atoms with Crippen LogP contribution in [0.3, 0.4) is 0 Å². The summed E-state index contributed by atoms with van der Waals surface area (Å²) in [5.74, 6) is -1.42. The summed E-state index contributed by atoms with van der Waals surface area (Å²) in [4.78, 5) is 34.3. The molecule has 4 aromatic rings. The van der Waals surface area contributed by atoms with Crippen LogP contribution in [-0.4, -0.2) is 38.4 Å². The van der Waals surface area contributed by atoms with Gasteiger partial charge in [-0.05, 0) is 29.7 Å². The number of aromatic carboxylic acids is 1. The molecule has 0 atom stereocenters. The minimum Gasteiger partial charge on any atom is -0.477 e. The van der Waals surface area contributed by atoms with Crippen LogP contribution in [0.2, 0.25) is 5.02 Å². The molecule has 0 saturated heterocycles. The quantitative estimate of drug-likeness (QED) is 0.373. The number of hydrogen-bond acceptors (Lipinski definition) is 3. The third kappa shape index (κ3) is 5.48. The molecule has 7 heteroatoms. The molecule has 0 fully saturated rings. The Balaban J connectivity index is 1.67. The van der Waals surface area contributed by atoms with Crippen LogP contribution in [0.25, 0.3) is 11.4 Å². The number of halogens is 1. The maximum atomic E-state index is 13.6. The lowest BCUT2D eigenvalue weighted by molar-refractivity contribution is 0.0666. The number of carbonyl (C=O) groups excluding carboxylic acids is 1. The monoisotopic (exact) mass is 459 g/mol. The molecule has 1 aromatic heterocycles. The van der Waals surface area contributed by atoms with Crippen molar-refractivity contribution in [3.05, 3.63) is 112 Å². The SMILES string of the molecule is O=C(O)c1[nH]c(-c2cccc(Cl)c2)nc1C(=O)N(CCc1ccccc1)Cc1ccccc1. The van der Waals surface area contributed by atoms with E-state index in [1.807, 2.05) is 60.7 Å². The number of carboxylic acid groups (broad SMARTS) is 1. The van der Waals surface area contributed by atoms with Crippen molar-refractivity contribution in [3.8, 4) is 11.4 Å². The fraction of sp³-hybridized carbons (Fsp3) is 0.115. The van der Waals surface area contributed by atoms with Gasteiger partial charge in [0.1, 0.15) is 5.82 Å². The molecule has 0 spiro atoms. The first-order chi connectivity index (χ1) is 16.0. The second kappa shape index (κ2) is 10.1. The molecule has 0 unspecified atom stereocenters. The number of H-pyrrole nitrogens is 1. The first-order valence-corrected chi connectivity index (χ1v) is 10.9. The zero-order valence-electron chi connectivity index (χ0n) is 17.7. The van der Waals surface area contributed by atoms with E-state index < -0.39 is 11.9 Å². The Labute approximate surface area is 196 Å². The van der Waals surface area contributed by atoms with Gasteiger partial charge in [-0.1, -0.05) is 84.4 Å². The maximum absolute atomic E-state index is 13.6. The molecule has 1 amide bonds.